The molecule has 1 unspecified atom stereocenters. The van der Waals surface area contributed by atoms with E-state index < -0.39 is 0 Å². The molecule has 0 saturated carbocycles. The molecule has 106 valence electrons. The standard InChI is InChI=1S/C15H16ClFN2O/c1-20-12-6-7-13(17)14(8-12)19-15(9-18)10-2-4-11(16)5-3-10/h2-8,15,19H,9,18H2,1H3. The third kappa shape index (κ3) is 3.40. The van der Waals surface area contributed by atoms with Crippen molar-refractivity contribution in [3.63, 3.8) is 0 Å². The summed E-state index contributed by atoms with van der Waals surface area (Å²) >= 11 is 5.86. The van der Waals surface area contributed by atoms with Crippen molar-refractivity contribution < 1.29 is 9.13 Å². The molecule has 0 heterocycles. The van der Waals surface area contributed by atoms with Gasteiger partial charge in [-0.2, -0.15) is 0 Å². The van der Waals surface area contributed by atoms with Crippen LogP contribution in [0.15, 0.2) is 42.5 Å². The molecule has 3 N–H and O–H groups in total. The van der Waals surface area contributed by atoms with Crippen LogP contribution in [0.5, 0.6) is 5.75 Å². The first-order valence-electron chi connectivity index (χ1n) is 6.19. The van der Waals surface area contributed by atoms with Crippen LogP contribution < -0.4 is 15.8 Å². The summed E-state index contributed by atoms with van der Waals surface area (Å²) in [5, 5.41) is 3.73. The Morgan fingerprint density at radius 3 is 2.55 bits per heavy atom. The minimum atomic E-state index is -0.349. The molecule has 0 aromatic heterocycles. The topological polar surface area (TPSA) is 47.3 Å². The van der Waals surface area contributed by atoms with Gasteiger partial charge in [0.15, 0.2) is 0 Å². The summed E-state index contributed by atoms with van der Waals surface area (Å²) in [6.45, 7) is 0.332. The van der Waals surface area contributed by atoms with Crippen molar-refractivity contribution in [1.82, 2.24) is 0 Å². The summed E-state index contributed by atoms with van der Waals surface area (Å²) < 4.78 is 18.9. The van der Waals surface area contributed by atoms with Crippen molar-refractivity contribution in [3.8, 4) is 5.75 Å². The van der Waals surface area contributed by atoms with Gasteiger partial charge >= 0.3 is 0 Å². The fourth-order valence-electron chi connectivity index (χ4n) is 1.90. The molecular weight excluding hydrogens is 279 g/mol. The summed E-state index contributed by atoms with van der Waals surface area (Å²) in [5.74, 6) is 0.235. The second-order valence-electron chi connectivity index (χ2n) is 4.33. The molecule has 0 aliphatic carbocycles. The monoisotopic (exact) mass is 294 g/mol. The SMILES string of the molecule is COc1ccc(F)c(NC(CN)c2ccc(Cl)cc2)c1. The maximum atomic E-state index is 13.8. The number of nitrogens with two attached hydrogens (primary N) is 1. The molecule has 1 atom stereocenters. The Hall–Kier alpha value is -1.78. The first-order chi connectivity index (χ1) is 9.63. The van der Waals surface area contributed by atoms with Crippen molar-refractivity contribution in [2.45, 2.75) is 6.04 Å². The molecule has 2 aromatic rings. The molecular formula is C15H16ClFN2O. The molecule has 0 fully saturated rings. The molecule has 0 spiro atoms. The van der Waals surface area contributed by atoms with Crippen LogP contribution in [0, 0.1) is 5.82 Å². The fourth-order valence-corrected chi connectivity index (χ4v) is 2.03. The number of rotatable bonds is 5. The van der Waals surface area contributed by atoms with Crippen LogP contribution >= 0.6 is 11.6 Å². The highest BCUT2D eigenvalue weighted by atomic mass is 35.5. The summed E-state index contributed by atoms with van der Waals surface area (Å²) in [7, 11) is 1.54. The zero-order chi connectivity index (χ0) is 14.5. The second kappa shape index (κ2) is 6.59. The Balaban J connectivity index is 2.23. The number of anilines is 1. The Kier molecular flexibility index (Phi) is 4.82. The van der Waals surface area contributed by atoms with Gasteiger partial charge in [-0.05, 0) is 29.8 Å². The van der Waals surface area contributed by atoms with Gasteiger partial charge < -0.3 is 15.8 Å². The highest BCUT2D eigenvalue weighted by molar-refractivity contribution is 6.30. The summed E-state index contributed by atoms with van der Waals surface area (Å²) in [4.78, 5) is 0. The Morgan fingerprint density at radius 2 is 1.95 bits per heavy atom. The third-order valence-electron chi connectivity index (χ3n) is 3.01. The quantitative estimate of drug-likeness (QED) is 0.886. The minimum Gasteiger partial charge on any atom is -0.497 e. The van der Waals surface area contributed by atoms with E-state index in [0.717, 1.165) is 5.56 Å². The van der Waals surface area contributed by atoms with Gasteiger partial charge in [0, 0.05) is 17.6 Å². The molecule has 5 heteroatoms. The number of nitrogens with one attached hydrogen (secondary N) is 1. The summed E-state index contributed by atoms with van der Waals surface area (Å²) in [5.41, 5.74) is 7.06. The Morgan fingerprint density at radius 1 is 1.25 bits per heavy atom. The van der Waals surface area contributed by atoms with Gasteiger partial charge in [-0.15, -0.1) is 0 Å². The molecule has 0 radical (unpaired) electrons. The van der Waals surface area contributed by atoms with Gasteiger partial charge in [0.2, 0.25) is 0 Å². The molecule has 2 rings (SSSR count). The number of hydrogen-bond donors (Lipinski definition) is 2. The fraction of sp³-hybridized carbons (Fsp3) is 0.200. The molecule has 20 heavy (non-hydrogen) atoms. The van der Waals surface area contributed by atoms with E-state index in [0.29, 0.717) is 23.0 Å². The van der Waals surface area contributed by atoms with Crippen LogP contribution in [0.2, 0.25) is 5.02 Å². The lowest BCUT2D eigenvalue weighted by atomic mass is 10.1. The number of ether oxygens (including phenoxy) is 1. The highest BCUT2D eigenvalue weighted by Gasteiger charge is 2.12. The summed E-state index contributed by atoms with van der Waals surface area (Å²) in [6, 6.07) is 11.6. The number of hydrogen-bond acceptors (Lipinski definition) is 3. The van der Waals surface area contributed by atoms with Crippen LogP contribution in [0.4, 0.5) is 10.1 Å². The van der Waals surface area contributed by atoms with Crippen LogP contribution in [0.3, 0.4) is 0 Å². The van der Waals surface area contributed by atoms with E-state index in [1.807, 2.05) is 12.1 Å². The third-order valence-corrected chi connectivity index (χ3v) is 3.26. The first-order valence-corrected chi connectivity index (χ1v) is 6.57. The molecule has 2 aromatic carbocycles. The van der Waals surface area contributed by atoms with Crippen molar-refractivity contribution in [1.29, 1.82) is 0 Å². The minimum absolute atomic E-state index is 0.200. The largest absolute Gasteiger partial charge is 0.497 e. The van der Waals surface area contributed by atoms with Gasteiger partial charge in [-0.3, -0.25) is 0 Å². The Labute approximate surface area is 122 Å². The van der Waals surface area contributed by atoms with Crippen LogP contribution in [-0.4, -0.2) is 13.7 Å². The van der Waals surface area contributed by atoms with E-state index in [2.05, 4.69) is 5.32 Å². The molecule has 3 nitrogen and oxygen atoms in total. The summed E-state index contributed by atoms with van der Waals surface area (Å²) in [6.07, 6.45) is 0. The molecule has 0 aliphatic heterocycles. The predicted molar refractivity (Wildman–Crippen MR) is 79.8 cm³/mol. The maximum Gasteiger partial charge on any atom is 0.146 e. The Bertz CT molecular complexity index is 575. The van der Waals surface area contributed by atoms with Gasteiger partial charge in [0.05, 0.1) is 18.8 Å². The lowest BCUT2D eigenvalue weighted by molar-refractivity contribution is 0.414. The van der Waals surface area contributed by atoms with E-state index in [1.165, 1.54) is 13.2 Å². The number of methoxy groups -OCH3 is 1. The zero-order valence-electron chi connectivity index (χ0n) is 11.1. The first kappa shape index (κ1) is 14.6. The van der Waals surface area contributed by atoms with Crippen LogP contribution in [-0.2, 0) is 0 Å². The van der Waals surface area contributed by atoms with Crippen molar-refractivity contribution >= 4 is 17.3 Å². The molecule has 0 saturated heterocycles. The average Bonchev–Trinajstić information content (AvgIpc) is 2.47. The van der Waals surface area contributed by atoms with Crippen molar-refractivity contribution in [2.75, 3.05) is 19.0 Å². The highest BCUT2D eigenvalue weighted by Crippen LogP contribution is 2.26. The molecule has 0 amide bonds. The zero-order valence-corrected chi connectivity index (χ0v) is 11.8. The number of benzene rings is 2. The van der Waals surface area contributed by atoms with E-state index in [9.17, 15) is 4.39 Å². The molecule has 0 aliphatic rings. The predicted octanol–water partition coefficient (Wildman–Crippen LogP) is 3.60. The van der Waals surface area contributed by atoms with E-state index >= 15 is 0 Å². The molecule has 0 bridgehead atoms. The normalized spacial score (nSPS) is 12.0. The lowest BCUT2D eigenvalue weighted by Crippen LogP contribution is -2.21. The van der Waals surface area contributed by atoms with E-state index in [-0.39, 0.29) is 11.9 Å². The maximum absolute atomic E-state index is 13.8. The lowest BCUT2D eigenvalue weighted by Gasteiger charge is -2.19. The second-order valence-corrected chi connectivity index (χ2v) is 4.77. The van der Waals surface area contributed by atoms with Gasteiger partial charge in [-0.25, -0.2) is 4.39 Å². The number of halogens is 2. The van der Waals surface area contributed by atoms with Gasteiger partial charge in [-0.1, -0.05) is 23.7 Å². The van der Waals surface area contributed by atoms with Crippen molar-refractivity contribution in [2.24, 2.45) is 5.73 Å². The van der Waals surface area contributed by atoms with Crippen LogP contribution in [0.25, 0.3) is 0 Å². The van der Waals surface area contributed by atoms with Gasteiger partial charge in [0.25, 0.3) is 0 Å². The average molecular weight is 295 g/mol. The van der Waals surface area contributed by atoms with Gasteiger partial charge in [0.1, 0.15) is 11.6 Å². The van der Waals surface area contributed by atoms with Crippen LogP contribution in [0.1, 0.15) is 11.6 Å². The van der Waals surface area contributed by atoms with Crippen molar-refractivity contribution in [3.05, 3.63) is 58.9 Å². The van der Waals surface area contributed by atoms with E-state index in [1.54, 1.807) is 24.3 Å². The van der Waals surface area contributed by atoms with E-state index in [4.69, 9.17) is 22.1 Å². The smallest absolute Gasteiger partial charge is 0.146 e.